The number of benzene rings is 4. The minimum absolute atomic E-state index is 0.107. The summed E-state index contributed by atoms with van der Waals surface area (Å²) in [6.07, 6.45) is 1.75. The number of methoxy groups -OCH3 is 1. The molecule has 0 unspecified atom stereocenters. The summed E-state index contributed by atoms with van der Waals surface area (Å²) in [5.74, 6) is 0.436. The van der Waals surface area contributed by atoms with Gasteiger partial charge in [-0.25, -0.2) is 4.99 Å². The Morgan fingerprint density at radius 3 is 2.37 bits per heavy atom. The summed E-state index contributed by atoms with van der Waals surface area (Å²) in [7, 11) is 1.61. The first-order valence-electron chi connectivity index (χ1n) is 12.2. The molecule has 0 fully saturated rings. The number of nitrogens with one attached hydrogen (secondary N) is 1. The quantitative estimate of drug-likeness (QED) is 0.291. The van der Waals surface area contributed by atoms with Crippen LogP contribution in [0.5, 0.6) is 5.75 Å². The maximum Gasteiger partial charge on any atom is 0.283 e. The molecule has 38 heavy (non-hydrogen) atoms. The van der Waals surface area contributed by atoms with Crippen molar-refractivity contribution in [2.75, 3.05) is 23.1 Å². The lowest BCUT2D eigenvalue weighted by atomic mass is 10.1. The average Bonchev–Trinajstić information content (AvgIpc) is 3.22. The number of hydrogen-bond acceptors (Lipinski definition) is 5. The number of rotatable bonds is 6. The standard InChI is InChI=1S/C31H27N3O3S/c1-20-14-21(2)16-26(15-20)34-30(36)28(17-22-8-12-27(37-3)13-9-22)33-31(34)38-19-29(35)32-25-11-10-23-6-4-5-7-24(23)18-25/h4-18H,19H2,1-3H3,(H,32,35)/b28-17-. The van der Waals surface area contributed by atoms with Crippen LogP contribution in [0.2, 0.25) is 0 Å². The third-order valence-corrected chi connectivity index (χ3v) is 7.02. The van der Waals surface area contributed by atoms with Crippen LogP contribution in [0.15, 0.2) is 95.6 Å². The van der Waals surface area contributed by atoms with E-state index in [4.69, 9.17) is 4.74 Å². The van der Waals surface area contributed by atoms with E-state index in [-0.39, 0.29) is 17.6 Å². The van der Waals surface area contributed by atoms with E-state index < -0.39 is 0 Å². The van der Waals surface area contributed by atoms with Gasteiger partial charge < -0.3 is 10.1 Å². The van der Waals surface area contributed by atoms with Gasteiger partial charge in [-0.15, -0.1) is 0 Å². The fourth-order valence-corrected chi connectivity index (χ4v) is 5.17. The van der Waals surface area contributed by atoms with Crippen molar-refractivity contribution >= 4 is 57.0 Å². The van der Waals surface area contributed by atoms with E-state index in [2.05, 4.69) is 16.4 Å². The molecule has 190 valence electrons. The average molecular weight is 522 g/mol. The number of carbonyl (C=O) groups is 2. The Morgan fingerprint density at radius 1 is 0.947 bits per heavy atom. The number of aryl methyl sites for hydroxylation is 2. The molecule has 5 rings (SSSR count). The number of fused-ring (bicyclic) bond motifs is 1. The van der Waals surface area contributed by atoms with Gasteiger partial charge in [0.05, 0.1) is 18.6 Å². The summed E-state index contributed by atoms with van der Waals surface area (Å²) in [5.41, 5.74) is 4.68. The van der Waals surface area contributed by atoms with E-state index in [1.807, 2.05) is 92.7 Å². The molecule has 0 aliphatic carbocycles. The molecular formula is C31H27N3O3S. The summed E-state index contributed by atoms with van der Waals surface area (Å²) in [6, 6.07) is 27.2. The Kier molecular flexibility index (Phi) is 7.29. The van der Waals surface area contributed by atoms with Gasteiger partial charge in [-0.05, 0) is 83.8 Å². The van der Waals surface area contributed by atoms with Crippen LogP contribution in [-0.2, 0) is 9.59 Å². The number of nitrogens with zero attached hydrogens (tertiary/aromatic N) is 2. The highest BCUT2D eigenvalue weighted by atomic mass is 32.2. The molecule has 0 saturated carbocycles. The van der Waals surface area contributed by atoms with Crippen LogP contribution in [0, 0.1) is 13.8 Å². The van der Waals surface area contributed by atoms with Gasteiger partial charge in [0.25, 0.3) is 5.91 Å². The van der Waals surface area contributed by atoms with Crippen molar-refractivity contribution in [1.29, 1.82) is 0 Å². The van der Waals surface area contributed by atoms with Gasteiger partial charge in [-0.1, -0.05) is 60.3 Å². The zero-order valence-electron chi connectivity index (χ0n) is 21.4. The van der Waals surface area contributed by atoms with Crippen molar-refractivity contribution in [2.45, 2.75) is 13.8 Å². The normalized spacial score (nSPS) is 14.2. The number of anilines is 2. The predicted molar refractivity (Wildman–Crippen MR) is 157 cm³/mol. The molecule has 4 aromatic carbocycles. The lowest BCUT2D eigenvalue weighted by Crippen LogP contribution is -2.31. The third-order valence-electron chi connectivity index (χ3n) is 6.08. The van der Waals surface area contributed by atoms with E-state index in [0.717, 1.165) is 44.6 Å². The first kappa shape index (κ1) is 25.3. The minimum atomic E-state index is -0.233. The highest BCUT2D eigenvalue weighted by Crippen LogP contribution is 2.31. The van der Waals surface area contributed by atoms with Crippen molar-refractivity contribution in [3.63, 3.8) is 0 Å². The Balaban J connectivity index is 1.38. The predicted octanol–water partition coefficient (Wildman–Crippen LogP) is 6.58. The Morgan fingerprint density at radius 2 is 1.66 bits per heavy atom. The molecule has 0 spiro atoms. The topological polar surface area (TPSA) is 71.0 Å². The van der Waals surface area contributed by atoms with Crippen LogP contribution in [0.3, 0.4) is 0 Å². The highest BCUT2D eigenvalue weighted by molar-refractivity contribution is 8.14. The van der Waals surface area contributed by atoms with Crippen molar-refractivity contribution in [3.05, 3.63) is 107 Å². The van der Waals surface area contributed by atoms with Gasteiger partial charge in [0.1, 0.15) is 11.4 Å². The number of hydrogen-bond donors (Lipinski definition) is 1. The minimum Gasteiger partial charge on any atom is -0.497 e. The van der Waals surface area contributed by atoms with Gasteiger partial charge in [-0.3, -0.25) is 14.5 Å². The molecule has 0 aromatic heterocycles. The second-order valence-electron chi connectivity index (χ2n) is 9.08. The Labute approximate surface area is 226 Å². The Hall–Kier alpha value is -4.36. The molecule has 6 nitrogen and oxygen atoms in total. The van der Waals surface area contributed by atoms with E-state index in [1.54, 1.807) is 18.1 Å². The van der Waals surface area contributed by atoms with Gasteiger partial charge in [-0.2, -0.15) is 0 Å². The fourth-order valence-electron chi connectivity index (χ4n) is 4.35. The largest absolute Gasteiger partial charge is 0.497 e. The lowest BCUT2D eigenvalue weighted by Gasteiger charge is -2.19. The van der Waals surface area contributed by atoms with Gasteiger partial charge >= 0.3 is 0 Å². The molecule has 1 aliphatic heterocycles. The summed E-state index contributed by atoms with van der Waals surface area (Å²) >= 11 is 1.24. The summed E-state index contributed by atoms with van der Waals surface area (Å²) in [6.45, 7) is 3.98. The molecule has 2 amide bonds. The smallest absolute Gasteiger partial charge is 0.283 e. The van der Waals surface area contributed by atoms with E-state index in [9.17, 15) is 9.59 Å². The molecule has 0 atom stereocenters. The van der Waals surface area contributed by atoms with E-state index in [1.165, 1.54) is 11.8 Å². The van der Waals surface area contributed by atoms with Crippen LogP contribution in [0.4, 0.5) is 11.4 Å². The zero-order chi connectivity index (χ0) is 26.6. The molecule has 1 heterocycles. The maximum atomic E-state index is 13.5. The zero-order valence-corrected chi connectivity index (χ0v) is 22.2. The SMILES string of the molecule is COc1ccc(/C=C2\N=C(SCC(=O)Nc3ccc4ccccc4c3)N(c3cc(C)cc(C)c3)C2=O)cc1. The van der Waals surface area contributed by atoms with Crippen molar-refractivity contribution in [3.8, 4) is 5.75 Å². The summed E-state index contributed by atoms with van der Waals surface area (Å²) in [5, 5.41) is 5.59. The number of aliphatic imine (C=N–C) groups is 1. The van der Waals surface area contributed by atoms with Crippen LogP contribution in [0.25, 0.3) is 16.8 Å². The molecule has 7 heteroatoms. The highest BCUT2D eigenvalue weighted by Gasteiger charge is 2.32. The van der Waals surface area contributed by atoms with Crippen LogP contribution >= 0.6 is 11.8 Å². The molecule has 0 radical (unpaired) electrons. The second-order valence-corrected chi connectivity index (χ2v) is 10.0. The van der Waals surface area contributed by atoms with Gasteiger partial charge in [0.2, 0.25) is 5.91 Å². The molecule has 1 N–H and O–H groups in total. The second kappa shape index (κ2) is 10.9. The first-order valence-corrected chi connectivity index (χ1v) is 13.2. The maximum absolute atomic E-state index is 13.5. The monoisotopic (exact) mass is 521 g/mol. The van der Waals surface area contributed by atoms with Crippen LogP contribution < -0.4 is 15.0 Å². The Bertz CT molecular complexity index is 1570. The molecular weight excluding hydrogens is 494 g/mol. The van der Waals surface area contributed by atoms with Gasteiger partial charge in [0.15, 0.2) is 5.17 Å². The third kappa shape index (κ3) is 5.63. The van der Waals surface area contributed by atoms with Crippen LogP contribution in [0.1, 0.15) is 16.7 Å². The summed E-state index contributed by atoms with van der Waals surface area (Å²) in [4.78, 5) is 32.6. The molecule has 4 aromatic rings. The van der Waals surface area contributed by atoms with Crippen molar-refractivity contribution < 1.29 is 14.3 Å². The van der Waals surface area contributed by atoms with Gasteiger partial charge in [0, 0.05) is 5.69 Å². The van der Waals surface area contributed by atoms with Crippen molar-refractivity contribution in [1.82, 2.24) is 0 Å². The number of ether oxygens (including phenoxy) is 1. The van der Waals surface area contributed by atoms with Crippen LogP contribution in [-0.4, -0.2) is 29.8 Å². The molecule has 0 saturated heterocycles. The number of carbonyl (C=O) groups excluding carboxylic acids is 2. The summed E-state index contributed by atoms with van der Waals surface area (Å²) < 4.78 is 5.23. The fraction of sp³-hybridized carbons (Fsp3) is 0.129. The molecule has 0 bridgehead atoms. The number of thioether (sulfide) groups is 1. The lowest BCUT2D eigenvalue weighted by molar-refractivity contribution is -0.114. The molecule has 1 aliphatic rings. The number of amidine groups is 1. The van der Waals surface area contributed by atoms with E-state index >= 15 is 0 Å². The van der Waals surface area contributed by atoms with Crippen molar-refractivity contribution in [2.24, 2.45) is 4.99 Å². The number of amides is 2. The van der Waals surface area contributed by atoms with E-state index in [0.29, 0.717) is 10.9 Å². The first-order chi connectivity index (χ1) is 18.4.